The molecule has 1 unspecified atom stereocenters. The topological polar surface area (TPSA) is 92.8 Å². The Morgan fingerprint density at radius 3 is 2.41 bits per heavy atom. The van der Waals surface area contributed by atoms with Crippen LogP contribution in [0.1, 0.15) is 49.7 Å². The molecule has 2 aliphatic heterocycles. The molecule has 0 spiro atoms. The molecule has 4 rings (SSSR count). The van der Waals surface area contributed by atoms with Crippen LogP contribution < -0.4 is 10.2 Å². The SMILES string of the molecule is Cc1ccc(S(=O)(=O)OCC2(C)CCN(c3ccc(C4CCC(=O)NC4=O)cc3F)CC2)cc1. The van der Waals surface area contributed by atoms with Crippen molar-refractivity contribution < 1.29 is 26.6 Å². The number of benzene rings is 2. The van der Waals surface area contributed by atoms with Crippen LogP contribution in [0, 0.1) is 18.2 Å². The van der Waals surface area contributed by atoms with Crippen molar-refractivity contribution in [3.63, 3.8) is 0 Å². The molecule has 2 aliphatic rings. The van der Waals surface area contributed by atoms with Crippen molar-refractivity contribution in [2.45, 2.75) is 50.3 Å². The van der Waals surface area contributed by atoms with Gasteiger partial charge in [0.2, 0.25) is 11.8 Å². The van der Waals surface area contributed by atoms with Gasteiger partial charge in [-0.2, -0.15) is 8.42 Å². The fourth-order valence-electron chi connectivity index (χ4n) is 4.43. The fourth-order valence-corrected chi connectivity index (χ4v) is 5.48. The minimum atomic E-state index is -3.84. The highest BCUT2D eigenvalue weighted by Crippen LogP contribution is 2.36. The number of aryl methyl sites for hydroxylation is 1. The van der Waals surface area contributed by atoms with Crippen LogP contribution in [0.25, 0.3) is 0 Å². The van der Waals surface area contributed by atoms with Gasteiger partial charge < -0.3 is 4.90 Å². The largest absolute Gasteiger partial charge is 0.369 e. The van der Waals surface area contributed by atoms with Gasteiger partial charge in [0.05, 0.1) is 23.1 Å². The zero-order valence-corrected chi connectivity index (χ0v) is 20.2. The molecule has 1 atom stereocenters. The van der Waals surface area contributed by atoms with Crippen LogP contribution in [0.5, 0.6) is 0 Å². The first-order valence-electron chi connectivity index (χ1n) is 11.4. The normalized spacial score (nSPS) is 20.8. The summed E-state index contributed by atoms with van der Waals surface area (Å²) in [6.45, 7) is 5.04. The zero-order valence-electron chi connectivity index (χ0n) is 19.3. The molecule has 2 saturated heterocycles. The highest BCUT2D eigenvalue weighted by molar-refractivity contribution is 7.86. The Kier molecular flexibility index (Phi) is 6.78. The molecule has 34 heavy (non-hydrogen) atoms. The van der Waals surface area contributed by atoms with E-state index in [0.29, 0.717) is 43.6 Å². The number of hydrogen-bond donors (Lipinski definition) is 1. The lowest BCUT2D eigenvalue weighted by Crippen LogP contribution is -2.41. The molecule has 0 radical (unpaired) electrons. The molecule has 7 nitrogen and oxygen atoms in total. The summed E-state index contributed by atoms with van der Waals surface area (Å²) in [5, 5.41) is 2.30. The zero-order chi connectivity index (χ0) is 24.5. The minimum absolute atomic E-state index is 0.0635. The summed E-state index contributed by atoms with van der Waals surface area (Å²) in [5.41, 5.74) is 1.63. The van der Waals surface area contributed by atoms with Crippen molar-refractivity contribution in [1.29, 1.82) is 0 Å². The summed E-state index contributed by atoms with van der Waals surface area (Å²) in [4.78, 5) is 25.5. The van der Waals surface area contributed by atoms with Gasteiger partial charge in [0, 0.05) is 19.5 Å². The quantitative estimate of drug-likeness (QED) is 0.493. The standard InChI is InChI=1S/C25H29FN2O5S/c1-17-3-6-19(7-4-17)34(31,32)33-16-25(2)11-13-28(14-12-25)22-9-5-18(15-21(22)26)20-8-10-23(29)27-24(20)30/h3-7,9,15,20H,8,10-14,16H2,1-2H3,(H,27,29,30). The Hall–Kier alpha value is -2.78. The van der Waals surface area contributed by atoms with Crippen molar-refractivity contribution in [2.24, 2.45) is 5.41 Å². The molecular weight excluding hydrogens is 459 g/mol. The van der Waals surface area contributed by atoms with Crippen molar-refractivity contribution in [3.05, 3.63) is 59.4 Å². The summed E-state index contributed by atoms with van der Waals surface area (Å²) in [6.07, 6.45) is 1.90. The first kappa shape index (κ1) is 24.3. The average Bonchev–Trinajstić information content (AvgIpc) is 2.79. The molecule has 0 saturated carbocycles. The Labute approximate surface area is 199 Å². The predicted octanol–water partition coefficient (Wildman–Crippen LogP) is 3.67. The van der Waals surface area contributed by atoms with E-state index in [1.165, 1.54) is 18.2 Å². The van der Waals surface area contributed by atoms with E-state index in [1.54, 1.807) is 24.3 Å². The van der Waals surface area contributed by atoms with Gasteiger partial charge >= 0.3 is 0 Å². The lowest BCUT2D eigenvalue weighted by atomic mass is 9.81. The number of halogens is 1. The first-order valence-corrected chi connectivity index (χ1v) is 12.8. The van der Waals surface area contributed by atoms with Crippen LogP contribution in [-0.2, 0) is 23.9 Å². The van der Waals surface area contributed by atoms with Gasteiger partial charge in [-0.15, -0.1) is 0 Å². The molecule has 0 aromatic heterocycles. The highest BCUT2D eigenvalue weighted by Gasteiger charge is 2.34. The maximum Gasteiger partial charge on any atom is 0.296 e. The number of carbonyl (C=O) groups excluding carboxylic acids is 2. The number of nitrogens with zero attached hydrogens (tertiary/aromatic N) is 1. The van der Waals surface area contributed by atoms with E-state index >= 15 is 0 Å². The summed E-state index contributed by atoms with van der Waals surface area (Å²) < 4.78 is 45.4. The number of amides is 2. The fraction of sp³-hybridized carbons (Fsp3) is 0.440. The van der Waals surface area contributed by atoms with E-state index < -0.39 is 27.8 Å². The number of rotatable bonds is 6. The molecule has 0 aliphatic carbocycles. The maximum atomic E-state index is 15.0. The molecule has 2 aromatic carbocycles. The van der Waals surface area contributed by atoms with Crippen molar-refractivity contribution in [2.75, 3.05) is 24.6 Å². The van der Waals surface area contributed by atoms with Gasteiger partial charge in [0.1, 0.15) is 5.82 Å². The van der Waals surface area contributed by atoms with Crippen molar-refractivity contribution in [1.82, 2.24) is 5.32 Å². The molecule has 2 heterocycles. The van der Waals surface area contributed by atoms with Gasteiger partial charge in [0.15, 0.2) is 0 Å². The van der Waals surface area contributed by atoms with E-state index in [2.05, 4.69) is 5.32 Å². The second-order valence-corrected chi connectivity index (χ2v) is 11.2. The smallest absolute Gasteiger partial charge is 0.296 e. The monoisotopic (exact) mass is 488 g/mol. The van der Waals surface area contributed by atoms with Gasteiger partial charge in [-0.1, -0.05) is 30.7 Å². The minimum Gasteiger partial charge on any atom is -0.369 e. The number of imide groups is 1. The number of nitrogens with one attached hydrogen (secondary N) is 1. The predicted molar refractivity (Wildman–Crippen MR) is 125 cm³/mol. The Balaban J connectivity index is 1.37. The van der Waals surface area contributed by atoms with Crippen LogP contribution in [0.15, 0.2) is 47.4 Å². The van der Waals surface area contributed by atoms with Gasteiger partial charge in [0.25, 0.3) is 10.1 Å². The Morgan fingerprint density at radius 1 is 1.12 bits per heavy atom. The molecule has 0 bridgehead atoms. The first-order chi connectivity index (χ1) is 16.1. The van der Waals surface area contributed by atoms with Crippen LogP contribution in [0.3, 0.4) is 0 Å². The van der Waals surface area contributed by atoms with Crippen LogP contribution in [0.2, 0.25) is 0 Å². The van der Waals surface area contributed by atoms with Crippen molar-refractivity contribution >= 4 is 27.6 Å². The highest BCUT2D eigenvalue weighted by atomic mass is 32.2. The van der Waals surface area contributed by atoms with Crippen LogP contribution >= 0.6 is 0 Å². The van der Waals surface area contributed by atoms with E-state index in [4.69, 9.17) is 4.18 Å². The van der Waals surface area contributed by atoms with Gasteiger partial charge in [-0.25, -0.2) is 4.39 Å². The summed E-state index contributed by atoms with van der Waals surface area (Å²) in [6, 6.07) is 11.3. The summed E-state index contributed by atoms with van der Waals surface area (Å²) in [7, 11) is -3.84. The number of anilines is 1. The lowest BCUT2D eigenvalue weighted by molar-refractivity contribution is -0.134. The van der Waals surface area contributed by atoms with E-state index in [-0.39, 0.29) is 29.2 Å². The van der Waals surface area contributed by atoms with Gasteiger partial charge in [-0.05, 0) is 61.4 Å². The molecule has 1 N–H and O–H groups in total. The lowest BCUT2D eigenvalue weighted by Gasteiger charge is -2.40. The van der Waals surface area contributed by atoms with E-state index in [1.807, 2.05) is 18.7 Å². The third-order valence-corrected chi connectivity index (χ3v) is 8.07. The average molecular weight is 489 g/mol. The second kappa shape index (κ2) is 9.46. The van der Waals surface area contributed by atoms with Crippen LogP contribution in [-0.4, -0.2) is 39.9 Å². The van der Waals surface area contributed by atoms with Crippen LogP contribution in [0.4, 0.5) is 10.1 Å². The molecule has 2 aromatic rings. The van der Waals surface area contributed by atoms with E-state index in [0.717, 1.165) is 5.56 Å². The molecule has 9 heteroatoms. The third kappa shape index (κ3) is 5.31. The van der Waals surface area contributed by atoms with E-state index in [9.17, 15) is 22.4 Å². The maximum absolute atomic E-state index is 15.0. The van der Waals surface area contributed by atoms with Gasteiger partial charge in [-0.3, -0.25) is 19.1 Å². The molecule has 2 fully saturated rings. The third-order valence-electron chi connectivity index (χ3n) is 6.80. The Bertz CT molecular complexity index is 1190. The summed E-state index contributed by atoms with van der Waals surface area (Å²) >= 11 is 0. The molecule has 182 valence electrons. The molecular formula is C25H29FN2O5S. The van der Waals surface area contributed by atoms with Crippen molar-refractivity contribution in [3.8, 4) is 0 Å². The number of carbonyl (C=O) groups is 2. The second-order valence-electron chi connectivity index (χ2n) is 9.54. The Morgan fingerprint density at radius 2 is 1.79 bits per heavy atom. The number of piperidine rings is 2. The summed E-state index contributed by atoms with van der Waals surface area (Å²) in [5.74, 6) is -1.63. The molecule has 2 amide bonds. The number of hydrogen-bond acceptors (Lipinski definition) is 6.